The van der Waals surface area contributed by atoms with Crippen molar-refractivity contribution in [3.05, 3.63) is 46.8 Å². The Morgan fingerprint density at radius 3 is 2.77 bits per heavy atom. The molecule has 1 unspecified atom stereocenters. The Morgan fingerprint density at radius 2 is 2.14 bits per heavy atom. The van der Waals surface area contributed by atoms with Gasteiger partial charge in [-0.05, 0) is 49.9 Å². The van der Waals surface area contributed by atoms with Crippen LogP contribution in [-0.4, -0.2) is 39.4 Å². The molecule has 1 atom stereocenters. The van der Waals surface area contributed by atoms with Crippen molar-refractivity contribution < 1.29 is 14.5 Å². The number of piperidine rings is 1. The van der Waals surface area contributed by atoms with Crippen LogP contribution in [0, 0.1) is 6.92 Å². The minimum atomic E-state index is -0.883. The summed E-state index contributed by atoms with van der Waals surface area (Å²) in [5, 5.41) is 16.7. The smallest absolute Gasteiger partial charge is 0.335 e. The first-order valence-electron chi connectivity index (χ1n) is 7.47. The maximum absolute atomic E-state index is 10.9. The summed E-state index contributed by atoms with van der Waals surface area (Å²) in [7, 11) is 0. The second-order valence-corrected chi connectivity index (χ2v) is 5.80. The minimum Gasteiger partial charge on any atom is -0.478 e. The summed E-state index contributed by atoms with van der Waals surface area (Å²) < 4.78 is 4.75. The van der Waals surface area contributed by atoms with Gasteiger partial charge in [-0.25, -0.2) is 9.42 Å². The van der Waals surface area contributed by atoms with E-state index >= 15 is 0 Å². The first-order valence-corrected chi connectivity index (χ1v) is 7.47. The molecule has 22 heavy (non-hydrogen) atoms. The van der Waals surface area contributed by atoms with E-state index in [2.05, 4.69) is 15.2 Å². The van der Waals surface area contributed by atoms with Crippen LogP contribution in [-0.2, 0) is 6.54 Å². The van der Waals surface area contributed by atoms with Gasteiger partial charge in [0.1, 0.15) is 11.4 Å². The van der Waals surface area contributed by atoms with Gasteiger partial charge in [-0.1, -0.05) is 22.4 Å². The summed E-state index contributed by atoms with van der Waals surface area (Å²) in [4.78, 5) is 13.3. The van der Waals surface area contributed by atoms with E-state index in [1.165, 1.54) is 5.56 Å². The highest BCUT2D eigenvalue weighted by molar-refractivity contribution is 5.87. The highest BCUT2D eigenvalue weighted by Gasteiger charge is 2.23. The molecule has 0 spiro atoms. The Labute approximate surface area is 128 Å². The lowest BCUT2D eigenvalue weighted by molar-refractivity contribution is 0.0697. The molecule has 1 fully saturated rings. The molecular weight excluding hydrogens is 282 g/mol. The molecule has 1 aromatic carbocycles. The molecule has 0 bridgehead atoms. The molecule has 3 rings (SSSR count). The Hall–Kier alpha value is -2.21. The number of carboxylic acid groups (broad SMARTS) is 1. The summed E-state index contributed by atoms with van der Waals surface area (Å²) in [6.07, 6.45) is 2.24. The van der Waals surface area contributed by atoms with Gasteiger partial charge in [-0.15, -0.1) is 0 Å². The van der Waals surface area contributed by atoms with Crippen LogP contribution < -0.4 is 0 Å². The summed E-state index contributed by atoms with van der Waals surface area (Å²) in [6, 6.07) is 7.23. The van der Waals surface area contributed by atoms with Crippen LogP contribution >= 0.6 is 0 Å². The molecule has 6 nitrogen and oxygen atoms in total. The average molecular weight is 301 g/mol. The predicted octanol–water partition coefficient (Wildman–Crippen LogP) is 2.46. The number of carboxylic acids is 1. The summed E-state index contributed by atoms with van der Waals surface area (Å²) in [5.41, 5.74) is 3.26. The number of rotatable bonds is 4. The predicted molar refractivity (Wildman–Crippen MR) is 79.7 cm³/mol. The summed E-state index contributed by atoms with van der Waals surface area (Å²) in [5.74, 6) is -0.456. The maximum Gasteiger partial charge on any atom is 0.335 e. The third-order valence-corrected chi connectivity index (χ3v) is 4.25. The lowest BCUT2D eigenvalue weighted by Crippen LogP contribution is -2.34. The fraction of sp³-hybridized carbons (Fsp3) is 0.438. The number of hydrogen-bond acceptors (Lipinski definition) is 5. The first kappa shape index (κ1) is 14.7. The van der Waals surface area contributed by atoms with Gasteiger partial charge < -0.3 is 5.11 Å². The van der Waals surface area contributed by atoms with E-state index in [-0.39, 0.29) is 0 Å². The van der Waals surface area contributed by atoms with E-state index in [1.807, 2.05) is 19.1 Å². The normalized spacial score (nSPS) is 19.2. The van der Waals surface area contributed by atoms with Crippen LogP contribution in [0.25, 0.3) is 0 Å². The van der Waals surface area contributed by atoms with E-state index in [1.54, 1.807) is 12.1 Å². The molecule has 116 valence electrons. The third-order valence-electron chi connectivity index (χ3n) is 4.25. The van der Waals surface area contributed by atoms with Crippen molar-refractivity contribution in [3.63, 3.8) is 0 Å². The van der Waals surface area contributed by atoms with Gasteiger partial charge in [-0.2, -0.15) is 0 Å². The van der Waals surface area contributed by atoms with Crippen LogP contribution in [0.2, 0.25) is 0 Å². The number of nitrogens with zero attached hydrogens (tertiary/aromatic N) is 3. The second kappa shape index (κ2) is 6.27. The van der Waals surface area contributed by atoms with Crippen molar-refractivity contribution in [1.82, 2.24) is 15.2 Å². The molecule has 2 heterocycles. The first-order chi connectivity index (χ1) is 10.6. The number of likely N-dealkylation sites (tertiary alicyclic amines) is 1. The van der Waals surface area contributed by atoms with Gasteiger partial charge >= 0.3 is 5.97 Å². The van der Waals surface area contributed by atoms with Crippen LogP contribution in [0.4, 0.5) is 0 Å². The maximum atomic E-state index is 10.9. The van der Waals surface area contributed by atoms with Gasteiger partial charge in [0.15, 0.2) is 0 Å². The number of benzene rings is 1. The Morgan fingerprint density at radius 1 is 1.36 bits per heavy atom. The van der Waals surface area contributed by atoms with Crippen LogP contribution in [0.3, 0.4) is 0 Å². The lowest BCUT2D eigenvalue weighted by Gasteiger charge is -2.32. The molecule has 1 aliphatic rings. The third kappa shape index (κ3) is 3.17. The quantitative estimate of drug-likeness (QED) is 0.934. The Bertz CT molecular complexity index is 651. The van der Waals surface area contributed by atoms with Crippen LogP contribution in [0.15, 0.2) is 28.9 Å². The molecule has 1 aromatic heterocycles. The van der Waals surface area contributed by atoms with Crippen molar-refractivity contribution in [1.29, 1.82) is 0 Å². The highest BCUT2D eigenvalue weighted by atomic mass is 16.6. The molecule has 2 aromatic rings. The number of aromatic carboxylic acids is 1. The lowest BCUT2D eigenvalue weighted by atomic mass is 9.90. The Balaban J connectivity index is 1.67. The molecule has 0 radical (unpaired) electrons. The molecule has 0 aliphatic carbocycles. The number of aromatic nitrogens is 2. The zero-order valence-electron chi connectivity index (χ0n) is 12.5. The van der Waals surface area contributed by atoms with Crippen LogP contribution in [0.5, 0.6) is 0 Å². The van der Waals surface area contributed by atoms with Gasteiger partial charge in [0.25, 0.3) is 0 Å². The zero-order chi connectivity index (χ0) is 15.5. The number of aryl methyl sites for hydroxylation is 1. The van der Waals surface area contributed by atoms with E-state index in [0.29, 0.717) is 11.5 Å². The van der Waals surface area contributed by atoms with Gasteiger partial charge in [0.05, 0.1) is 5.56 Å². The molecule has 1 aliphatic heterocycles. The number of carbonyl (C=O) groups is 1. The highest BCUT2D eigenvalue weighted by Crippen LogP contribution is 2.28. The second-order valence-electron chi connectivity index (χ2n) is 5.80. The van der Waals surface area contributed by atoms with E-state index < -0.39 is 5.97 Å². The summed E-state index contributed by atoms with van der Waals surface area (Å²) >= 11 is 0. The topological polar surface area (TPSA) is 79.5 Å². The molecule has 0 saturated carbocycles. The van der Waals surface area contributed by atoms with E-state index in [4.69, 9.17) is 9.74 Å². The minimum absolute atomic E-state index is 0.334. The summed E-state index contributed by atoms with van der Waals surface area (Å²) in [6.45, 7) is 4.63. The molecule has 0 amide bonds. The van der Waals surface area contributed by atoms with E-state index in [0.717, 1.165) is 43.9 Å². The fourth-order valence-electron chi connectivity index (χ4n) is 2.97. The monoisotopic (exact) mass is 301 g/mol. The van der Waals surface area contributed by atoms with Crippen molar-refractivity contribution in [2.75, 3.05) is 13.1 Å². The SMILES string of the molecule is Cc1nonc1CN1CCCC(c2ccc(C(=O)O)cc2)C1. The molecule has 1 saturated heterocycles. The average Bonchev–Trinajstić information content (AvgIpc) is 2.93. The van der Waals surface area contributed by atoms with Gasteiger partial charge in [0, 0.05) is 13.1 Å². The van der Waals surface area contributed by atoms with Gasteiger partial charge in [0.2, 0.25) is 0 Å². The number of hydrogen-bond donors (Lipinski definition) is 1. The van der Waals surface area contributed by atoms with Crippen molar-refractivity contribution in [2.45, 2.75) is 32.2 Å². The largest absolute Gasteiger partial charge is 0.478 e. The standard InChI is InChI=1S/C16H19N3O3/c1-11-15(18-22-17-11)10-19-8-2-3-14(9-19)12-4-6-13(7-5-12)16(20)21/h4-7,14H,2-3,8-10H2,1H3,(H,20,21). The Kier molecular flexibility index (Phi) is 4.20. The van der Waals surface area contributed by atoms with Gasteiger partial charge in [-0.3, -0.25) is 4.90 Å². The van der Waals surface area contributed by atoms with Crippen LogP contribution in [0.1, 0.15) is 46.1 Å². The fourth-order valence-corrected chi connectivity index (χ4v) is 2.97. The van der Waals surface area contributed by atoms with E-state index in [9.17, 15) is 4.79 Å². The zero-order valence-corrected chi connectivity index (χ0v) is 12.5. The molecular formula is C16H19N3O3. The molecule has 1 N–H and O–H groups in total. The van der Waals surface area contributed by atoms with Crippen molar-refractivity contribution >= 4 is 5.97 Å². The van der Waals surface area contributed by atoms with Crippen molar-refractivity contribution in [3.8, 4) is 0 Å². The van der Waals surface area contributed by atoms with Crippen molar-refractivity contribution in [2.24, 2.45) is 0 Å². The molecule has 6 heteroatoms.